The van der Waals surface area contributed by atoms with E-state index in [1.54, 1.807) is 24.4 Å². The summed E-state index contributed by atoms with van der Waals surface area (Å²) in [4.78, 5) is 18.9. The van der Waals surface area contributed by atoms with Crippen LogP contribution in [0, 0.1) is 5.92 Å². The van der Waals surface area contributed by atoms with Crippen molar-refractivity contribution in [3.05, 3.63) is 36.7 Å². The number of rotatable bonds is 4. The highest BCUT2D eigenvalue weighted by Gasteiger charge is 2.44. The first-order valence-corrected chi connectivity index (χ1v) is 8.34. The predicted molar refractivity (Wildman–Crippen MR) is 87.4 cm³/mol. The standard InChI is InChI=1S/C18H24N2O3/c1-2-12-23-15-7-5-10-19-16(15)17(21)20-11-9-18(22)8-4-3-6-14(18)13-20/h2,5,7,10,14,22H,1,3-4,6,8-9,11-13H2. The molecule has 2 aliphatic rings. The third kappa shape index (κ3) is 3.24. The molecule has 2 heterocycles. The lowest BCUT2D eigenvalue weighted by atomic mass is 9.71. The van der Waals surface area contributed by atoms with Crippen LogP contribution in [0.5, 0.6) is 5.75 Å². The minimum atomic E-state index is -0.582. The number of carbonyl (C=O) groups is 1. The number of pyridine rings is 1. The molecule has 1 amide bonds. The number of hydrogen-bond acceptors (Lipinski definition) is 4. The number of nitrogens with zero attached hydrogens (tertiary/aromatic N) is 2. The first kappa shape index (κ1) is 16.0. The van der Waals surface area contributed by atoms with E-state index in [1.807, 2.05) is 4.90 Å². The van der Waals surface area contributed by atoms with Gasteiger partial charge in [-0.05, 0) is 31.4 Å². The molecule has 0 radical (unpaired) electrons. The van der Waals surface area contributed by atoms with Gasteiger partial charge in [-0.3, -0.25) is 4.79 Å². The Kier molecular flexibility index (Phi) is 4.66. The summed E-state index contributed by atoms with van der Waals surface area (Å²) in [5, 5.41) is 10.7. The normalized spacial score (nSPS) is 27.2. The van der Waals surface area contributed by atoms with Crippen LogP contribution in [0.25, 0.3) is 0 Å². The van der Waals surface area contributed by atoms with Crippen molar-refractivity contribution in [2.75, 3.05) is 19.7 Å². The smallest absolute Gasteiger partial charge is 0.276 e. The fourth-order valence-corrected chi connectivity index (χ4v) is 3.72. The summed E-state index contributed by atoms with van der Waals surface area (Å²) in [5.74, 6) is 0.550. The number of ether oxygens (including phenoxy) is 1. The van der Waals surface area contributed by atoms with E-state index in [0.29, 0.717) is 37.6 Å². The molecule has 0 bridgehead atoms. The van der Waals surface area contributed by atoms with Gasteiger partial charge in [-0.1, -0.05) is 25.5 Å². The Labute approximate surface area is 137 Å². The lowest BCUT2D eigenvalue weighted by Gasteiger charge is -2.47. The maximum Gasteiger partial charge on any atom is 0.276 e. The van der Waals surface area contributed by atoms with Crippen molar-refractivity contribution in [2.45, 2.75) is 37.7 Å². The largest absolute Gasteiger partial charge is 0.487 e. The Morgan fingerprint density at radius 1 is 1.52 bits per heavy atom. The highest BCUT2D eigenvalue weighted by Crippen LogP contribution is 2.40. The molecule has 0 aromatic carbocycles. The van der Waals surface area contributed by atoms with E-state index in [1.165, 1.54) is 0 Å². The van der Waals surface area contributed by atoms with Gasteiger partial charge in [0.05, 0.1) is 5.60 Å². The molecular formula is C18H24N2O3. The Hall–Kier alpha value is -1.88. The Bertz CT molecular complexity index is 589. The minimum Gasteiger partial charge on any atom is -0.487 e. The summed E-state index contributed by atoms with van der Waals surface area (Å²) in [6.07, 6.45) is 7.96. The van der Waals surface area contributed by atoms with E-state index in [-0.39, 0.29) is 11.8 Å². The molecule has 2 unspecified atom stereocenters. The zero-order chi connectivity index (χ0) is 16.3. The fourth-order valence-electron chi connectivity index (χ4n) is 3.72. The summed E-state index contributed by atoms with van der Waals surface area (Å²) >= 11 is 0. The van der Waals surface area contributed by atoms with Crippen LogP contribution >= 0.6 is 0 Å². The lowest BCUT2D eigenvalue weighted by Crippen LogP contribution is -2.54. The van der Waals surface area contributed by atoms with Crippen molar-refractivity contribution < 1.29 is 14.6 Å². The Morgan fingerprint density at radius 3 is 3.22 bits per heavy atom. The van der Waals surface area contributed by atoms with Gasteiger partial charge in [0.15, 0.2) is 11.4 Å². The monoisotopic (exact) mass is 316 g/mol. The Balaban J connectivity index is 1.75. The van der Waals surface area contributed by atoms with E-state index in [9.17, 15) is 9.90 Å². The van der Waals surface area contributed by atoms with E-state index >= 15 is 0 Å². The van der Waals surface area contributed by atoms with E-state index in [2.05, 4.69) is 11.6 Å². The molecule has 3 rings (SSSR count). The molecule has 2 atom stereocenters. The van der Waals surface area contributed by atoms with Gasteiger partial charge in [0.1, 0.15) is 6.61 Å². The molecule has 23 heavy (non-hydrogen) atoms. The Morgan fingerprint density at radius 2 is 2.39 bits per heavy atom. The van der Waals surface area contributed by atoms with Crippen molar-refractivity contribution >= 4 is 5.91 Å². The van der Waals surface area contributed by atoms with Gasteiger partial charge in [-0.15, -0.1) is 0 Å². The van der Waals surface area contributed by atoms with Gasteiger partial charge in [-0.25, -0.2) is 4.98 Å². The van der Waals surface area contributed by atoms with Crippen LogP contribution in [-0.4, -0.2) is 46.2 Å². The highest BCUT2D eigenvalue weighted by molar-refractivity contribution is 5.95. The van der Waals surface area contributed by atoms with Crippen LogP contribution in [0.1, 0.15) is 42.6 Å². The summed E-state index contributed by atoms with van der Waals surface area (Å²) in [7, 11) is 0. The molecule has 2 fully saturated rings. The second-order valence-corrected chi connectivity index (χ2v) is 6.50. The number of aliphatic hydroxyl groups is 1. The second-order valence-electron chi connectivity index (χ2n) is 6.50. The number of carbonyl (C=O) groups excluding carboxylic acids is 1. The summed E-state index contributed by atoms with van der Waals surface area (Å²) < 4.78 is 5.55. The maximum atomic E-state index is 12.8. The van der Waals surface area contributed by atoms with Crippen LogP contribution in [0.4, 0.5) is 0 Å². The van der Waals surface area contributed by atoms with Gasteiger partial charge in [-0.2, -0.15) is 0 Å². The van der Waals surface area contributed by atoms with E-state index in [4.69, 9.17) is 4.74 Å². The van der Waals surface area contributed by atoms with Gasteiger partial charge in [0.25, 0.3) is 5.91 Å². The number of amides is 1. The predicted octanol–water partition coefficient (Wildman–Crippen LogP) is 2.41. The van der Waals surface area contributed by atoms with Crippen LogP contribution < -0.4 is 4.74 Å². The molecule has 1 saturated carbocycles. The number of likely N-dealkylation sites (tertiary alicyclic amines) is 1. The van der Waals surface area contributed by atoms with Crippen molar-refractivity contribution in [1.29, 1.82) is 0 Å². The third-order valence-corrected chi connectivity index (χ3v) is 5.04. The molecule has 1 saturated heterocycles. The molecular weight excluding hydrogens is 292 g/mol. The number of hydrogen-bond donors (Lipinski definition) is 1. The molecule has 124 valence electrons. The van der Waals surface area contributed by atoms with Crippen LogP contribution in [-0.2, 0) is 0 Å². The van der Waals surface area contributed by atoms with Crippen molar-refractivity contribution in [1.82, 2.24) is 9.88 Å². The summed E-state index contributed by atoms with van der Waals surface area (Å²) in [6, 6.07) is 3.51. The molecule has 1 aromatic rings. The van der Waals surface area contributed by atoms with Gasteiger partial charge < -0.3 is 14.7 Å². The molecule has 0 spiro atoms. The summed E-state index contributed by atoms with van der Waals surface area (Å²) in [6.45, 7) is 5.14. The van der Waals surface area contributed by atoms with Crippen LogP contribution in [0.15, 0.2) is 31.0 Å². The minimum absolute atomic E-state index is 0.114. The number of aromatic nitrogens is 1. The summed E-state index contributed by atoms with van der Waals surface area (Å²) in [5.41, 5.74) is -0.239. The third-order valence-electron chi connectivity index (χ3n) is 5.04. The molecule has 1 aromatic heterocycles. The number of fused-ring (bicyclic) bond motifs is 1. The van der Waals surface area contributed by atoms with Crippen molar-refractivity contribution in [3.8, 4) is 5.75 Å². The molecule has 1 aliphatic heterocycles. The SMILES string of the molecule is C=CCOc1cccnc1C(=O)N1CCC2(O)CCCCC2C1. The van der Waals surface area contributed by atoms with Crippen molar-refractivity contribution in [2.24, 2.45) is 5.92 Å². The average molecular weight is 316 g/mol. The molecule has 1 N–H and O–H groups in total. The van der Waals surface area contributed by atoms with Crippen LogP contribution in [0.3, 0.4) is 0 Å². The topological polar surface area (TPSA) is 62.7 Å². The maximum absolute atomic E-state index is 12.8. The van der Waals surface area contributed by atoms with Gasteiger partial charge in [0.2, 0.25) is 0 Å². The lowest BCUT2D eigenvalue weighted by molar-refractivity contribution is -0.0887. The first-order chi connectivity index (χ1) is 11.1. The first-order valence-electron chi connectivity index (χ1n) is 8.34. The zero-order valence-corrected chi connectivity index (χ0v) is 13.4. The van der Waals surface area contributed by atoms with E-state index in [0.717, 1.165) is 25.7 Å². The second kappa shape index (κ2) is 6.71. The molecule has 1 aliphatic carbocycles. The van der Waals surface area contributed by atoms with Crippen molar-refractivity contribution in [3.63, 3.8) is 0 Å². The fraction of sp³-hybridized carbons (Fsp3) is 0.556. The molecule has 5 heteroatoms. The number of piperidine rings is 1. The van der Waals surface area contributed by atoms with E-state index < -0.39 is 5.60 Å². The van der Waals surface area contributed by atoms with Crippen LogP contribution in [0.2, 0.25) is 0 Å². The molecule has 5 nitrogen and oxygen atoms in total. The van der Waals surface area contributed by atoms with Gasteiger partial charge >= 0.3 is 0 Å². The highest BCUT2D eigenvalue weighted by atomic mass is 16.5. The van der Waals surface area contributed by atoms with Gasteiger partial charge in [0, 0.05) is 25.2 Å². The average Bonchev–Trinajstić information content (AvgIpc) is 2.58. The zero-order valence-electron chi connectivity index (χ0n) is 13.4. The quantitative estimate of drug-likeness (QED) is 0.867.